The lowest BCUT2D eigenvalue weighted by Crippen LogP contribution is -2.32. The van der Waals surface area contributed by atoms with Crippen LogP contribution >= 0.6 is 11.6 Å². The molecule has 0 fully saturated rings. The first-order valence-corrected chi connectivity index (χ1v) is 6.07. The van der Waals surface area contributed by atoms with Gasteiger partial charge in [-0.1, -0.05) is 18.5 Å². The van der Waals surface area contributed by atoms with E-state index in [0.29, 0.717) is 22.8 Å². The monoisotopic (exact) mass is 255 g/mol. The molecule has 0 spiro atoms. The minimum atomic E-state index is -0.173. The molecule has 1 rings (SSSR count). The number of benzene rings is 1. The number of nitrogens with two attached hydrogens (primary N) is 1. The first-order valence-electron chi connectivity index (χ1n) is 5.69. The van der Waals surface area contributed by atoms with Gasteiger partial charge in [-0.15, -0.1) is 0 Å². The van der Waals surface area contributed by atoms with Gasteiger partial charge in [0.25, 0.3) is 5.91 Å². The summed E-state index contributed by atoms with van der Waals surface area (Å²) in [6.07, 6.45) is 1.08. The maximum Gasteiger partial charge on any atom is 0.252 e. The lowest BCUT2D eigenvalue weighted by Gasteiger charge is -2.07. The van der Waals surface area contributed by atoms with Crippen LogP contribution in [0.4, 0.5) is 5.69 Å². The lowest BCUT2D eigenvalue weighted by molar-refractivity contribution is 0.0954. The molecular weight excluding hydrogens is 238 g/mol. The minimum absolute atomic E-state index is 0.173. The lowest BCUT2D eigenvalue weighted by atomic mass is 10.2. The Morgan fingerprint density at radius 2 is 2.12 bits per heavy atom. The summed E-state index contributed by atoms with van der Waals surface area (Å²) in [5.74, 6) is -0.173. The van der Waals surface area contributed by atoms with Crippen molar-refractivity contribution in [1.29, 1.82) is 0 Å². The highest BCUT2D eigenvalue weighted by atomic mass is 35.5. The summed E-state index contributed by atoms with van der Waals surface area (Å²) in [5.41, 5.74) is 6.56. The number of carbonyl (C=O) groups is 1. The molecule has 0 aliphatic rings. The summed E-state index contributed by atoms with van der Waals surface area (Å²) in [5, 5.41) is 6.37. The first kappa shape index (κ1) is 13.8. The van der Waals surface area contributed by atoms with Gasteiger partial charge in [0.05, 0.1) is 10.6 Å². The van der Waals surface area contributed by atoms with E-state index in [0.717, 1.165) is 19.5 Å². The van der Waals surface area contributed by atoms with Gasteiger partial charge in [0.1, 0.15) is 0 Å². The first-order chi connectivity index (χ1) is 8.15. The van der Waals surface area contributed by atoms with Crippen molar-refractivity contribution >= 4 is 23.2 Å². The molecule has 0 radical (unpaired) electrons. The van der Waals surface area contributed by atoms with E-state index < -0.39 is 0 Å². The Labute approximate surface area is 107 Å². The predicted molar refractivity (Wildman–Crippen MR) is 71.4 cm³/mol. The van der Waals surface area contributed by atoms with Crippen molar-refractivity contribution in [1.82, 2.24) is 10.6 Å². The minimum Gasteiger partial charge on any atom is -0.399 e. The molecule has 0 aromatic heterocycles. The van der Waals surface area contributed by atoms with E-state index in [9.17, 15) is 4.79 Å². The molecule has 5 heteroatoms. The molecule has 0 aliphatic heterocycles. The van der Waals surface area contributed by atoms with Crippen LogP contribution in [0.1, 0.15) is 23.7 Å². The third kappa shape index (κ3) is 4.63. The van der Waals surface area contributed by atoms with Crippen molar-refractivity contribution in [3.63, 3.8) is 0 Å². The number of anilines is 1. The van der Waals surface area contributed by atoms with Gasteiger partial charge in [-0.25, -0.2) is 0 Å². The highest BCUT2D eigenvalue weighted by Gasteiger charge is 2.09. The predicted octanol–water partition coefficient (Wildman–Crippen LogP) is 1.65. The molecule has 0 heterocycles. The van der Waals surface area contributed by atoms with Gasteiger partial charge in [-0.2, -0.15) is 0 Å². The quantitative estimate of drug-likeness (QED) is 0.535. The van der Waals surface area contributed by atoms with Gasteiger partial charge in [0.15, 0.2) is 0 Å². The fraction of sp³-hybridized carbons (Fsp3) is 0.417. The Balaban J connectivity index is 2.42. The zero-order valence-corrected chi connectivity index (χ0v) is 10.7. The summed E-state index contributed by atoms with van der Waals surface area (Å²) >= 11 is 5.93. The topological polar surface area (TPSA) is 67.1 Å². The zero-order chi connectivity index (χ0) is 12.7. The molecule has 4 nitrogen and oxygen atoms in total. The van der Waals surface area contributed by atoms with Gasteiger partial charge in [-0.05, 0) is 31.2 Å². The van der Waals surface area contributed by atoms with Crippen molar-refractivity contribution in [3.8, 4) is 0 Å². The second-order valence-electron chi connectivity index (χ2n) is 3.75. The Morgan fingerprint density at radius 3 is 2.76 bits per heavy atom. The normalized spacial score (nSPS) is 10.2. The van der Waals surface area contributed by atoms with Gasteiger partial charge in [0, 0.05) is 18.8 Å². The van der Waals surface area contributed by atoms with E-state index in [1.165, 1.54) is 0 Å². The zero-order valence-electron chi connectivity index (χ0n) is 9.92. The van der Waals surface area contributed by atoms with Gasteiger partial charge in [-0.3, -0.25) is 4.79 Å². The Kier molecular flexibility index (Phi) is 5.80. The van der Waals surface area contributed by atoms with Crippen molar-refractivity contribution in [2.45, 2.75) is 13.3 Å². The van der Waals surface area contributed by atoms with Crippen LogP contribution in [0.3, 0.4) is 0 Å². The summed E-state index contributed by atoms with van der Waals surface area (Å²) < 4.78 is 0. The molecule has 1 aromatic carbocycles. The van der Waals surface area contributed by atoms with Crippen molar-refractivity contribution in [2.75, 3.05) is 25.4 Å². The number of carbonyl (C=O) groups excluding carboxylic acids is 1. The highest BCUT2D eigenvalue weighted by Crippen LogP contribution is 2.18. The van der Waals surface area contributed by atoms with E-state index in [1.807, 2.05) is 0 Å². The molecule has 0 saturated carbocycles. The number of hydrogen-bond donors (Lipinski definition) is 3. The number of rotatable bonds is 6. The molecule has 17 heavy (non-hydrogen) atoms. The molecule has 4 N–H and O–H groups in total. The SMILES string of the molecule is CCCNCCNC(=O)c1ccc(N)cc1Cl. The number of nitrogen functional groups attached to an aromatic ring is 1. The summed E-state index contributed by atoms with van der Waals surface area (Å²) in [6.45, 7) is 4.39. The van der Waals surface area contributed by atoms with Crippen LogP contribution in [0, 0.1) is 0 Å². The second kappa shape index (κ2) is 7.14. The third-order valence-electron chi connectivity index (χ3n) is 2.25. The van der Waals surface area contributed by atoms with Crippen LogP contribution in [0.5, 0.6) is 0 Å². The Bertz CT molecular complexity index is 382. The van der Waals surface area contributed by atoms with E-state index in [2.05, 4.69) is 17.6 Å². The van der Waals surface area contributed by atoms with Gasteiger partial charge >= 0.3 is 0 Å². The molecule has 0 unspecified atom stereocenters. The smallest absolute Gasteiger partial charge is 0.252 e. The van der Waals surface area contributed by atoms with Crippen LogP contribution in [-0.4, -0.2) is 25.5 Å². The molecule has 1 aromatic rings. The fourth-order valence-corrected chi connectivity index (χ4v) is 1.65. The van der Waals surface area contributed by atoms with Crippen molar-refractivity contribution < 1.29 is 4.79 Å². The Hall–Kier alpha value is -1.26. The molecule has 94 valence electrons. The number of nitrogens with one attached hydrogen (secondary N) is 2. The molecule has 1 amide bonds. The standard InChI is InChI=1S/C12H18ClN3O/c1-2-5-15-6-7-16-12(17)10-4-3-9(14)8-11(10)13/h3-4,8,15H,2,5-7,14H2,1H3,(H,16,17). The molecule has 0 bridgehead atoms. The van der Waals surface area contributed by atoms with E-state index in [-0.39, 0.29) is 5.91 Å². The number of halogens is 1. The van der Waals surface area contributed by atoms with E-state index in [4.69, 9.17) is 17.3 Å². The third-order valence-corrected chi connectivity index (χ3v) is 2.56. The van der Waals surface area contributed by atoms with E-state index >= 15 is 0 Å². The second-order valence-corrected chi connectivity index (χ2v) is 4.15. The van der Waals surface area contributed by atoms with Crippen LogP contribution in [0.2, 0.25) is 5.02 Å². The summed E-state index contributed by atoms with van der Waals surface area (Å²) in [7, 11) is 0. The Morgan fingerprint density at radius 1 is 1.35 bits per heavy atom. The largest absolute Gasteiger partial charge is 0.399 e. The van der Waals surface area contributed by atoms with E-state index in [1.54, 1.807) is 18.2 Å². The van der Waals surface area contributed by atoms with Gasteiger partial charge < -0.3 is 16.4 Å². The number of hydrogen-bond acceptors (Lipinski definition) is 3. The van der Waals surface area contributed by atoms with Crippen molar-refractivity contribution in [2.24, 2.45) is 0 Å². The molecule has 0 atom stereocenters. The molecule has 0 aliphatic carbocycles. The van der Waals surface area contributed by atoms with Gasteiger partial charge in [0.2, 0.25) is 0 Å². The van der Waals surface area contributed by atoms with Crippen molar-refractivity contribution in [3.05, 3.63) is 28.8 Å². The van der Waals surface area contributed by atoms with Crippen LogP contribution in [-0.2, 0) is 0 Å². The molecule has 0 saturated heterocycles. The summed E-state index contributed by atoms with van der Waals surface area (Å²) in [6, 6.07) is 4.87. The maximum absolute atomic E-state index is 11.7. The fourth-order valence-electron chi connectivity index (χ4n) is 1.38. The highest BCUT2D eigenvalue weighted by molar-refractivity contribution is 6.34. The number of amides is 1. The maximum atomic E-state index is 11.7. The van der Waals surface area contributed by atoms with Crippen LogP contribution in [0.15, 0.2) is 18.2 Å². The average molecular weight is 256 g/mol. The molecular formula is C12H18ClN3O. The van der Waals surface area contributed by atoms with Crippen LogP contribution in [0.25, 0.3) is 0 Å². The van der Waals surface area contributed by atoms with Crippen LogP contribution < -0.4 is 16.4 Å². The summed E-state index contributed by atoms with van der Waals surface area (Å²) in [4.78, 5) is 11.7. The average Bonchev–Trinajstić information content (AvgIpc) is 2.28.